The first-order valence-corrected chi connectivity index (χ1v) is 8.26. The average molecular weight is 303 g/mol. The van der Waals surface area contributed by atoms with Gasteiger partial charge in [-0.2, -0.15) is 5.10 Å². The van der Waals surface area contributed by atoms with Gasteiger partial charge < -0.3 is 9.73 Å². The van der Waals surface area contributed by atoms with Crippen LogP contribution in [0.5, 0.6) is 0 Å². The Morgan fingerprint density at radius 1 is 1.24 bits per heavy atom. The lowest BCUT2D eigenvalue weighted by Gasteiger charge is -2.57. The molecule has 5 heteroatoms. The normalized spacial score (nSPS) is 37.0. The van der Waals surface area contributed by atoms with E-state index < -0.39 is 0 Å². The summed E-state index contributed by atoms with van der Waals surface area (Å²) in [7, 11) is 0. The van der Waals surface area contributed by atoms with Crippen LogP contribution in [-0.2, 0) is 0 Å². The third kappa shape index (κ3) is 2.71. The summed E-state index contributed by atoms with van der Waals surface area (Å²) in [6, 6.07) is 3.70. The van der Waals surface area contributed by atoms with Gasteiger partial charge in [-0.1, -0.05) is 0 Å². The van der Waals surface area contributed by atoms with Gasteiger partial charge in [-0.15, -0.1) is 0 Å². The molecule has 4 bridgehead atoms. The second-order valence-corrected chi connectivity index (χ2v) is 7.45. The minimum absolute atomic E-state index is 0.235. The highest BCUT2D eigenvalue weighted by Crippen LogP contribution is 2.55. The summed E-state index contributed by atoms with van der Waals surface area (Å²) in [4.78, 5) is 0. The maximum atomic E-state index is 5.42. The van der Waals surface area contributed by atoms with Gasteiger partial charge in [-0.25, -0.2) is 0 Å². The molecule has 4 aliphatic rings. The Bertz CT molecular complexity index is 517. The van der Waals surface area contributed by atoms with Gasteiger partial charge in [-0.3, -0.25) is 5.43 Å². The zero-order valence-electron chi connectivity index (χ0n) is 12.0. The van der Waals surface area contributed by atoms with Crippen LogP contribution in [0.1, 0.15) is 44.3 Å². The van der Waals surface area contributed by atoms with Gasteiger partial charge in [0.1, 0.15) is 5.76 Å². The number of hydrogen-bond acceptors (Lipinski definition) is 3. The third-order valence-corrected chi connectivity index (χ3v) is 5.51. The second kappa shape index (κ2) is 5.13. The molecule has 112 valence electrons. The summed E-state index contributed by atoms with van der Waals surface area (Å²) >= 11 is 5.42. The highest BCUT2D eigenvalue weighted by atomic mass is 32.1. The number of hydrazone groups is 1. The summed E-state index contributed by atoms with van der Waals surface area (Å²) in [5, 5.41) is 8.36. The second-order valence-electron chi connectivity index (χ2n) is 7.04. The molecule has 4 fully saturated rings. The highest BCUT2D eigenvalue weighted by molar-refractivity contribution is 7.80. The summed E-state index contributed by atoms with van der Waals surface area (Å²) in [5.41, 5.74) is 3.16. The molecular formula is C16H21N3OS. The van der Waals surface area contributed by atoms with Gasteiger partial charge >= 0.3 is 0 Å². The van der Waals surface area contributed by atoms with Crippen molar-refractivity contribution in [2.45, 2.75) is 44.1 Å². The van der Waals surface area contributed by atoms with E-state index in [2.05, 4.69) is 15.8 Å². The lowest BCUT2D eigenvalue weighted by molar-refractivity contribution is -0.0101. The largest absolute Gasteiger partial charge is 0.463 e. The van der Waals surface area contributed by atoms with Crippen molar-refractivity contribution in [2.24, 2.45) is 22.9 Å². The van der Waals surface area contributed by atoms with Crippen molar-refractivity contribution in [3.05, 3.63) is 24.2 Å². The van der Waals surface area contributed by atoms with Crippen LogP contribution in [0.15, 0.2) is 27.9 Å². The van der Waals surface area contributed by atoms with Crippen LogP contribution in [0.2, 0.25) is 0 Å². The third-order valence-electron chi connectivity index (χ3n) is 5.32. The lowest BCUT2D eigenvalue weighted by Crippen LogP contribution is -2.61. The van der Waals surface area contributed by atoms with Crippen molar-refractivity contribution in [1.29, 1.82) is 0 Å². The number of hydrogen-bond donors (Lipinski definition) is 2. The maximum absolute atomic E-state index is 5.42. The van der Waals surface area contributed by atoms with Gasteiger partial charge in [-0.05, 0) is 80.6 Å². The first-order valence-electron chi connectivity index (χ1n) is 7.85. The van der Waals surface area contributed by atoms with Crippen LogP contribution in [0.4, 0.5) is 0 Å². The van der Waals surface area contributed by atoms with E-state index in [1.54, 1.807) is 12.5 Å². The molecule has 21 heavy (non-hydrogen) atoms. The SMILES string of the molecule is S=C(N/N=C\c1ccco1)NC12CC3CC(CC(C3)C1)C2. The van der Waals surface area contributed by atoms with Crippen LogP contribution >= 0.6 is 12.2 Å². The summed E-state index contributed by atoms with van der Waals surface area (Å²) in [6.07, 6.45) is 11.4. The minimum atomic E-state index is 0.235. The smallest absolute Gasteiger partial charge is 0.187 e. The van der Waals surface area contributed by atoms with Gasteiger partial charge in [0.15, 0.2) is 5.11 Å². The van der Waals surface area contributed by atoms with Gasteiger partial charge in [0, 0.05) is 5.54 Å². The number of nitrogens with zero attached hydrogens (tertiary/aromatic N) is 1. The Morgan fingerprint density at radius 3 is 2.48 bits per heavy atom. The molecule has 0 amide bonds. The number of nitrogens with one attached hydrogen (secondary N) is 2. The van der Waals surface area contributed by atoms with Crippen LogP contribution in [0.3, 0.4) is 0 Å². The number of furan rings is 1. The Kier molecular flexibility index (Phi) is 3.25. The molecule has 4 aliphatic carbocycles. The lowest BCUT2D eigenvalue weighted by atomic mass is 9.53. The quantitative estimate of drug-likeness (QED) is 0.512. The van der Waals surface area contributed by atoms with E-state index in [0.717, 1.165) is 23.5 Å². The minimum Gasteiger partial charge on any atom is -0.463 e. The number of thiocarbonyl (C=S) groups is 1. The first-order chi connectivity index (χ1) is 10.2. The van der Waals surface area contributed by atoms with Crippen molar-refractivity contribution < 1.29 is 4.42 Å². The molecule has 0 atom stereocenters. The molecule has 5 rings (SSSR count). The van der Waals surface area contributed by atoms with E-state index in [4.69, 9.17) is 16.6 Å². The summed E-state index contributed by atoms with van der Waals surface area (Å²) in [5.74, 6) is 3.47. The van der Waals surface area contributed by atoms with Crippen molar-refractivity contribution in [2.75, 3.05) is 0 Å². The van der Waals surface area contributed by atoms with Crippen molar-refractivity contribution in [1.82, 2.24) is 10.7 Å². The van der Waals surface area contributed by atoms with Crippen LogP contribution < -0.4 is 10.7 Å². The van der Waals surface area contributed by atoms with E-state index in [9.17, 15) is 0 Å². The molecular weight excluding hydrogens is 282 g/mol. The molecule has 0 aliphatic heterocycles. The van der Waals surface area contributed by atoms with Gasteiger partial charge in [0.25, 0.3) is 0 Å². The molecule has 1 aromatic rings. The molecule has 1 heterocycles. The topological polar surface area (TPSA) is 49.6 Å². The Hall–Kier alpha value is -1.36. The molecule has 0 unspecified atom stereocenters. The zero-order valence-corrected chi connectivity index (χ0v) is 12.9. The predicted octanol–water partition coefficient (Wildman–Crippen LogP) is 3.05. The fourth-order valence-corrected chi connectivity index (χ4v) is 5.32. The first kappa shape index (κ1) is 13.3. The highest BCUT2D eigenvalue weighted by Gasteiger charge is 2.51. The molecule has 4 nitrogen and oxygen atoms in total. The fraction of sp³-hybridized carbons (Fsp3) is 0.625. The molecule has 4 saturated carbocycles. The standard InChI is InChI=1S/C16H21N3OS/c21-15(19-17-10-14-2-1-3-20-14)18-16-7-11-4-12(8-16)6-13(5-11)9-16/h1-3,10-13H,4-9H2,(H2,18,19,21)/b17-10-. The van der Waals surface area contributed by atoms with Gasteiger partial charge in [0.05, 0.1) is 12.5 Å². The van der Waals surface area contributed by atoms with Crippen molar-refractivity contribution in [3.8, 4) is 0 Å². The predicted molar refractivity (Wildman–Crippen MR) is 86.1 cm³/mol. The van der Waals surface area contributed by atoms with Crippen LogP contribution in [-0.4, -0.2) is 16.9 Å². The summed E-state index contributed by atoms with van der Waals surface area (Å²) < 4.78 is 5.20. The monoisotopic (exact) mass is 303 g/mol. The van der Waals surface area contributed by atoms with E-state index in [1.807, 2.05) is 12.1 Å². The van der Waals surface area contributed by atoms with E-state index in [-0.39, 0.29) is 5.54 Å². The maximum Gasteiger partial charge on any atom is 0.187 e. The van der Waals surface area contributed by atoms with E-state index >= 15 is 0 Å². The Morgan fingerprint density at radius 2 is 1.90 bits per heavy atom. The average Bonchev–Trinajstić information content (AvgIpc) is 2.89. The van der Waals surface area contributed by atoms with Gasteiger partial charge in [0.2, 0.25) is 0 Å². The molecule has 0 spiro atoms. The molecule has 1 aromatic heterocycles. The van der Waals surface area contributed by atoms with Crippen LogP contribution in [0, 0.1) is 17.8 Å². The van der Waals surface area contributed by atoms with E-state index in [1.165, 1.54) is 38.5 Å². The summed E-state index contributed by atoms with van der Waals surface area (Å²) in [6.45, 7) is 0. The zero-order chi connectivity index (χ0) is 14.3. The molecule has 2 N–H and O–H groups in total. The van der Waals surface area contributed by atoms with Crippen molar-refractivity contribution >= 4 is 23.5 Å². The Balaban J connectivity index is 1.36. The molecule has 0 radical (unpaired) electrons. The number of rotatable bonds is 3. The van der Waals surface area contributed by atoms with E-state index in [0.29, 0.717) is 5.11 Å². The molecule has 0 aromatic carbocycles. The Labute approximate surface area is 130 Å². The van der Waals surface area contributed by atoms with Crippen LogP contribution in [0.25, 0.3) is 0 Å². The fourth-order valence-electron chi connectivity index (χ4n) is 5.05. The molecule has 0 saturated heterocycles. The van der Waals surface area contributed by atoms with Crippen molar-refractivity contribution in [3.63, 3.8) is 0 Å².